The number of rotatable bonds is 6. The smallest absolute Gasteiger partial charge is 0.308 e. The van der Waals surface area contributed by atoms with Gasteiger partial charge in [0, 0.05) is 30.6 Å². The summed E-state index contributed by atoms with van der Waals surface area (Å²) < 4.78 is 10.5. The van der Waals surface area contributed by atoms with Crippen LogP contribution in [0.15, 0.2) is 48.5 Å². The summed E-state index contributed by atoms with van der Waals surface area (Å²) >= 11 is 0. The largest absolute Gasteiger partial charge is 0.497 e. The van der Waals surface area contributed by atoms with Gasteiger partial charge < -0.3 is 19.5 Å². The van der Waals surface area contributed by atoms with Gasteiger partial charge in [0.15, 0.2) is 0 Å². The van der Waals surface area contributed by atoms with Gasteiger partial charge in [-0.25, -0.2) is 0 Å². The third-order valence-corrected chi connectivity index (χ3v) is 5.05. The predicted octanol–water partition coefficient (Wildman–Crippen LogP) is 2.57. The first-order valence-electron chi connectivity index (χ1n) is 8.80. The summed E-state index contributed by atoms with van der Waals surface area (Å²) in [6.45, 7) is 0.616. The molecule has 0 radical (unpaired) electrons. The molecule has 1 aliphatic rings. The highest BCUT2D eigenvalue weighted by molar-refractivity contribution is 5.82. The van der Waals surface area contributed by atoms with E-state index in [1.165, 1.54) is 0 Å². The fourth-order valence-electron chi connectivity index (χ4n) is 3.57. The molecule has 0 aromatic heterocycles. The van der Waals surface area contributed by atoms with E-state index in [1.807, 2.05) is 30.3 Å². The maximum absolute atomic E-state index is 12.8. The van der Waals surface area contributed by atoms with Gasteiger partial charge in [0.1, 0.15) is 11.5 Å². The summed E-state index contributed by atoms with van der Waals surface area (Å²) in [4.78, 5) is 26.2. The lowest BCUT2D eigenvalue weighted by atomic mass is 9.89. The van der Waals surface area contributed by atoms with Gasteiger partial charge in [-0.15, -0.1) is 0 Å². The Labute approximate surface area is 158 Å². The van der Waals surface area contributed by atoms with Crippen LogP contribution in [0, 0.1) is 5.92 Å². The van der Waals surface area contributed by atoms with Crippen LogP contribution in [-0.2, 0) is 16.0 Å². The van der Waals surface area contributed by atoms with E-state index in [0.717, 1.165) is 11.1 Å². The van der Waals surface area contributed by atoms with Gasteiger partial charge in [-0.05, 0) is 11.6 Å². The van der Waals surface area contributed by atoms with Crippen LogP contribution in [-0.4, -0.2) is 49.2 Å². The quantitative estimate of drug-likeness (QED) is 0.847. The zero-order valence-corrected chi connectivity index (χ0v) is 15.4. The normalized spacial score (nSPS) is 19.0. The van der Waals surface area contributed by atoms with Crippen molar-refractivity contribution in [1.82, 2.24) is 4.90 Å². The van der Waals surface area contributed by atoms with E-state index >= 15 is 0 Å². The van der Waals surface area contributed by atoms with Crippen LogP contribution in [0.4, 0.5) is 0 Å². The number of aliphatic carboxylic acids is 1. The highest BCUT2D eigenvalue weighted by Crippen LogP contribution is 2.34. The maximum atomic E-state index is 12.8. The van der Waals surface area contributed by atoms with E-state index in [4.69, 9.17) is 9.47 Å². The second-order valence-corrected chi connectivity index (χ2v) is 6.62. The highest BCUT2D eigenvalue weighted by Gasteiger charge is 2.40. The molecule has 1 N–H and O–H groups in total. The van der Waals surface area contributed by atoms with Crippen LogP contribution in [0.1, 0.15) is 17.0 Å². The molecule has 6 heteroatoms. The first kappa shape index (κ1) is 18.8. The van der Waals surface area contributed by atoms with Crippen LogP contribution in [0.25, 0.3) is 0 Å². The first-order chi connectivity index (χ1) is 13.0. The Hall–Kier alpha value is -3.02. The molecule has 0 saturated carbocycles. The molecule has 1 heterocycles. The molecule has 142 valence electrons. The number of nitrogens with zero attached hydrogens (tertiary/aromatic N) is 1. The van der Waals surface area contributed by atoms with E-state index in [1.54, 1.807) is 37.3 Å². The minimum Gasteiger partial charge on any atom is -0.497 e. The number of carbonyl (C=O) groups excluding carboxylic acids is 1. The highest BCUT2D eigenvalue weighted by atomic mass is 16.5. The third-order valence-electron chi connectivity index (χ3n) is 5.05. The number of benzene rings is 2. The summed E-state index contributed by atoms with van der Waals surface area (Å²) in [5, 5.41) is 9.60. The zero-order valence-electron chi connectivity index (χ0n) is 15.4. The number of ether oxygens (including phenoxy) is 2. The second-order valence-electron chi connectivity index (χ2n) is 6.62. The van der Waals surface area contributed by atoms with Crippen LogP contribution < -0.4 is 9.47 Å². The molecule has 3 rings (SSSR count). The Morgan fingerprint density at radius 1 is 1.07 bits per heavy atom. The van der Waals surface area contributed by atoms with E-state index in [-0.39, 0.29) is 24.8 Å². The molecule has 1 amide bonds. The number of amides is 1. The molecule has 0 aliphatic carbocycles. The molecular weight excluding hydrogens is 346 g/mol. The van der Waals surface area contributed by atoms with Crippen LogP contribution in [0.2, 0.25) is 0 Å². The van der Waals surface area contributed by atoms with Crippen molar-refractivity contribution in [3.05, 3.63) is 59.7 Å². The van der Waals surface area contributed by atoms with E-state index in [2.05, 4.69) is 0 Å². The van der Waals surface area contributed by atoms with Gasteiger partial charge in [0.05, 0.1) is 26.6 Å². The van der Waals surface area contributed by atoms with Crippen molar-refractivity contribution >= 4 is 11.9 Å². The fraction of sp³-hybridized carbons (Fsp3) is 0.333. The average molecular weight is 369 g/mol. The number of hydrogen-bond donors (Lipinski definition) is 1. The minimum absolute atomic E-state index is 0.108. The number of methoxy groups -OCH3 is 2. The molecule has 27 heavy (non-hydrogen) atoms. The van der Waals surface area contributed by atoms with E-state index in [0.29, 0.717) is 18.0 Å². The molecular formula is C21H23NO5. The molecule has 1 fully saturated rings. The van der Waals surface area contributed by atoms with Gasteiger partial charge in [0.2, 0.25) is 5.91 Å². The molecule has 0 unspecified atom stereocenters. The summed E-state index contributed by atoms with van der Waals surface area (Å²) in [6.07, 6.45) is 0.154. The van der Waals surface area contributed by atoms with Crippen molar-refractivity contribution in [2.24, 2.45) is 5.92 Å². The van der Waals surface area contributed by atoms with Gasteiger partial charge in [-0.3, -0.25) is 9.59 Å². The number of hydrogen-bond acceptors (Lipinski definition) is 4. The number of carboxylic acids is 1. The molecule has 2 atom stereocenters. The average Bonchev–Trinajstić information content (AvgIpc) is 3.15. The molecule has 0 bridgehead atoms. The van der Waals surface area contributed by atoms with Crippen molar-refractivity contribution in [1.29, 1.82) is 0 Å². The summed E-state index contributed by atoms with van der Waals surface area (Å²) in [7, 11) is 3.12. The Morgan fingerprint density at radius 3 is 2.44 bits per heavy atom. The SMILES string of the molecule is COc1ccc(CC(=O)N2C[C@@H](C(=O)O)[C@H](c3ccccc3)C2)c(OC)c1. The first-order valence-corrected chi connectivity index (χ1v) is 8.80. The summed E-state index contributed by atoms with van der Waals surface area (Å²) in [6, 6.07) is 14.8. The number of carbonyl (C=O) groups is 2. The van der Waals surface area contributed by atoms with Crippen molar-refractivity contribution in [3.63, 3.8) is 0 Å². The minimum atomic E-state index is -0.874. The molecule has 0 spiro atoms. The molecule has 2 aromatic rings. The Balaban J connectivity index is 1.77. The predicted molar refractivity (Wildman–Crippen MR) is 100 cm³/mol. The van der Waals surface area contributed by atoms with Crippen molar-refractivity contribution in [2.45, 2.75) is 12.3 Å². The lowest BCUT2D eigenvalue weighted by Gasteiger charge is -2.18. The Bertz CT molecular complexity index is 821. The molecule has 1 saturated heterocycles. The van der Waals surface area contributed by atoms with Crippen LogP contribution >= 0.6 is 0 Å². The Kier molecular flexibility index (Phi) is 5.64. The van der Waals surface area contributed by atoms with Crippen molar-refractivity contribution in [2.75, 3.05) is 27.3 Å². The maximum Gasteiger partial charge on any atom is 0.308 e. The van der Waals surface area contributed by atoms with Crippen LogP contribution in [0.5, 0.6) is 11.5 Å². The summed E-state index contributed by atoms with van der Waals surface area (Å²) in [5.41, 5.74) is 1.69. The van der Waals surface area contributed by atoms with Crippen LogP contribution in [0.3, 0.4) is 0 Å². The number of likely N-dealkylation sites (tertiary alicyclic amines) is 1. The zero-order chi connectivity index (χ0) is 19.4. The fourth-order valence-corrected chi connectivity index (χ4v) is 3.57. The van der Waals surface area contributed by atoms with E-state index in [9.17, 15) is 14.7 Å². The van der Waals surface area contributed by atoms with Gasteiger partial charge >= 0.3 is 5.97 Å². The van der Waals surface area contributed by atoms with Gasteiger partial charge in [-0.2, -0.15) is 0 Å². The molecule has 2 aromatic carbocycles. The standard InChI is InChI=1S/C21H23NO5/c1-26-16-9-8-15(19(11-16)27-2)10-20(23)22-12-17(18(13-22)21(24)25)14-6-4-3-5-7-14/h3-9,11,17-18H,10,12-13H2,1-2H3,(H,24,25)/t17-,18+/m0/s1. The monoisotopic (exact) mass is 369 g/mol. The molecule has 6 nitrogen and oxygen atoms in total. The lowest BCUT2D eigenvalue weighted by Crippen LogP contribution is -2.31. The lowest BCUT2D eigenvalue weighted by molar-refractivity contribution is -0.141. The van der Waals surface area contributed by atoms with Crippen molar-refractivity contribution < 1.29 is 24.2 Å². The van der Waals surface area contributed by atoms with Crippen molar-refractivity contribution in [3.8, 4) is 11.5 Å². The van der Waals surface area contributed by atoms with E-state index < -0.39 is 11.9 Å². The van der Waals surface area contributed by atoms with Gasteiger partial charge in [0.25, 0.3) is 0 Å². The Morgan fingerprint density at radius 2 is 1.81 bits per heavy atom. The molecule has 1 aliphatic heterocycles. The second kappa shape index (κ2) is 8.12. The third kappa shape index (κ3) is 4.05. The van der Waals surface area contributed by atoms with Gasteiger partial charge in [-0.1, -0.05) is 36.4 Å². The summed E-state index contributed by atoms with van der Waals surface area (Å²) in [5.74, 6) is -0.556. The topological polar surface area (TPSA) is 76.1 Å². The number of carboxylic acid groups (broad SMARTS) is 1.